The summed E-state index contributed by atoms with van der Waals surface area (Å²) in [4.78, 5) is 35.4. The Morgan fingerprint density at radius 2 is 1.73 bits per heavy atom. The van der Waals surface area contributed by atoms with Crippen LogP contribution >= 0.6 is 0 Å². The summed E-state index contributed by atoms with van der Waals surface area (Å²) in [5.74, 6) is -1.20. The van der Waals surface area contributed by atoms with Crippen LogP contribution in [0, 0.1) is 0 Å². The fourth-order valence-electron chi connectivity index (χ4n) is 2.66. The normalized spacial score (nSPS) is 10.7. The number of aromatic nitrogens is 2. The number of Topliss-reactive ketones (excluding diaryl/α,β-unsaturated/α-hetero) is 1. The number of fused-ring (bicyclic) bond motifs is 1. The maximum Gasteiger partial charge on any atom is 0.274 e. The highest BCUT2D eigenvalue weighted by molar-refractivity contribution is 6.00. The molecule has 7 heteroatoms. The van der Waals surface area contributed by atoms with E-state index in [2.05, 4.69) is 5.10 Å². The van der Waals surface area contributed by atoms with Crippen molar-refractivity contribution in [2.75, 3.05) is 6.61 Å². The molecule has 7 nitrogen and oxygen atoms in total. The molecule has 0 spiro atoms. The molecule has 0 atom stereocenters. The van der Waals surface area contributed by atoms with Gasteiger partial charge in [-0.15, -0.1) is 0 Å². The minimum absolute atomic E-state index is 0.0240. The third kappa shape index (κ3) is 3.32. The molecule has 0 aliphatic rings. The maximum absolute atomic E-state index is 12.5. The third-order valence-corrected chi connectivity index (χ3v) is 3.89. The molecule has 0 unspecified atom stereocenters. The lowest BCUT2D eigenvalue weighted by Crippen LogP contribution is -2.32. The minimum atomic E-state index is -1.46. The predicted octanol–water partition coefficient (Wildman–Crippen LogP) is 1.04. The number of carbonyl (C=O) groups excluding carboxylic acids is 2. The van der Waals surface area contributed by atoms with Gasteiger partial charge in [0.15, 0.2) is 5.78 Å². The van der Waals surface area contributed by atoms with E-state index in [0.717, 1.165) is 4.68 Å². The van der Waals surface area contributed by atoms with Crippen molar-refractivity contribution in [3.63, 3.8) is 0 Å². The zero-order chi connectivity index (χ0) is 18.7. The number of carbonyl (C=O) groups is 2. The van der Waals surface area contributed by atoms with Gasteiger partial charge in [0.1, 0.15) is 18.1 Å². The number of aromatic carboxylic acids is 1. The molecule has 0 fully saturated rings. The Morgan fingerprint density at radius 3 is 2.42 bits per heavy atom. The van der Waals surface area contributed by atoms with Crippen LogP contribution in [0.15, 0.2) is 53.3 Å². The highest BCUT2D eigenvalue weighted by Gasteiger charge is 2.12. The van der Waals surface area contributed by atoms with Crippen LogP contribution in [0.3, 0.4) is 0 Å². The molecule has 0 aliphatic heterocycles. The van der Waals surface area contributed by atoms with Crippen molar-refractivity contribution in [2.24, 2.45) is 0 Å². The first-order valence-corrected chi connectivity index (χ1v) is 7.93. The number of carboxylic acids is 1. The summed E-state index contributed by atoms with van der Waals surface area (Å²) < 4.78 is 6.62. The zero-order valence-corrected chi connectivity index (χ0v) is 14.0. The molecule has 0 aliphatic carbocycles. The molecule has 2 aromatic carbocycles. The van der Waals surface area contributed by atoms with E-state index >= 15 is 0 Å². The van der Waals surface area contributed by atoms with Crippen LogP contribution in [0.2, 0.25) is 0 Å². The second kappa shape index (κ2) is 7.18. The molecular weight excluding hydrogens is 336 g/mol. The molecule has 1 aromatic heterocycles. The summed E-state index contributed by atoms with van der Waals surface area (Å²) in [6, 6.07) is 13.1. The summed E-state index contributed by atoms with van der Waals surface area (Å²) in [5, 5.41) is 15.7. The summed E-state index contributed by atoms with van der Waals surface area (Å²) in [7, 11) is 0. The highest BCUT2D eigenvalue weighted by atomic mass is 16.5. The van der Waals surface area contributed by atoms with Crippen molar-refractivity contribution >= 4 is 22.5 Å². The van der Waals surface area contributed by atoms with Gasteiger partial charge in [0.2, 0.25) is 0 Å². The Hall–Kier alpha value is -3.48. The van der Waals surface area contributed by atoms with E-state index in [1.54, 1.807) is 36.4 Å². The van der Waals surface area contributed by atoms with Gasteiger partial charge < -0.3 is 14.6 Å². The van der Waals surface area contributed by atoms with Crippen LogP contribution in [-0.4, -0.2) is 28.1 Å². The van der Waals surface area contributed by atoms with Gasteiger partial charge in [-0.3, -0.25) is 9.59 Å². The monoisotopic (exact) mass is 351 g/mol. The molecule has 0 amide bonds. The van der Waals surface area contributed by atoms with E-state index in [4.69, 9.17) is 4.74 Å². The fraction of sp³-hybridized carbons (Fsp3) is 0.158. The SMILES string of the molecule is CC(=O)c1ccccc1OCCn1nc(C(=O)[O-])c2ccccc2c1=O. The molecular formula is C19H15N2O5-. The third-order valence-electron chi connectivity index (χ3n) is 3.89. The van der Waals surface area contributed by atoms with Crippen LogP contribution < -0.4 is 15.4 Å². The Bertz CT molecular complexity index is 1060. The number of rotatable bonds is 6. The first kappa shape index (κ1) is 17.3. The Balaban J connectivity index is 1.88. The number of ketones is 1. The fourth-order valence-corrected chi connectivity index (χ4v) is 2.66. The molecule has 0 saturated heterocycles. The molecule has 0 saturated carbocycles. The van der Waals surface area contributed by atoms with Crippen molar-refractivity contribution in [1.29, 1.82) is 0 Å². The molecule has 26 heavy (non-hydrogen) atoms. The van der Waals surface area contributed by atoms with E-state index in [1.165, 1.54) is 19.1 Å². The number of hydrogen-bond donors (Lipinski definition) is 0. The van der Waals surface area contributed by atoms with E-state index in [9.17, 15) is 19.5 Å². The summed E-state index contributed by atoms with van der Waals surface area (Å²) in [6.45, 7) is 1.50. The molecule has 0 N–H and O–H groups in total. The Morgan fingerprint density at radius 1 is 1.08 bits per heavy atom. The second-order valence-electron chi connectivity index (χ2n) is 5.61. The first-order valence-electron chi connectivity index (χ1n) is 7.93. The van der Waals surface area contributed by atoms with E-state index in [0.29, 0.717) is 11.3 Å². The van der Waals surface area contributed by atoms with Crippen molar-refractivity contribution < 1.29 is 19.4 Å². The Kier molecular flexibility index (Phi) is 4.79. The summed E-state index contributed by atoms with van der Waals surface area (Å²) >= 11 is 0. The second-order valence-corrected chi connectivity index (χ2v) is 5.61. The van der Waals surface area contributed by atoms with Crippen LogP contribution in [0.4, 0.5) is 0 Å². The maximum atomic E-state index is 12.5. The lowest BCUT2D eigenvalue weighted by molar-refractivity contribution is -0.255. The lowest BCUT2D eigenvalue weighted by Gasteiger charge is -2.13. The van der Waals surface area contributed by atoms with Gasteiger partial charge in [-0.1, -0.05) is 30.3 Å². The number of benzene rings is 2. The van der Waals surface area contributed by atoms with Gasteiger partial charge in [-0.2, -0.15) is 5.10 Å². The molecule has 0 radical (unpaired) electrons. The molecule has 3 rings (SSSR count). The van der Waals surface area contributed by atoms with Crippen molar-refractivity contribution in [1.82, 2.24) is 9.78 Å². The molecule has 132 valence electrons. The van der Waals surface area contributed by atoms with E-state index < -0.39 is 11.5 Å². The Labute approximate surface area is 148 Å². The van der Waals surface area contributed by atoms with E-state index in [-0.39, 0.29) is 35.4 Å². The predicted molar refractivity (Wildman–Crippen MR) is 92.3 cm³/mol. The average molecular weight is 351 g/mol. The van der Waals surface area contributed by atoms with Gasteiger partial charge >= 0.3 is 0 Å². The lowest BCUT2D eigenvalue weighted by atomic mass is 10.1. The quantitative estimate of drug-likeness (QED) is 0.615. The topological polar surface area (TPSA) is 101 Å². The van der Waals surface area contributed by atoms with Crippen LogP contribution in [0.5, 0.6) is 5.75 Å². The van der Waals surface area contributed by atoms with Crippen molar-refractivity contribution in [3.8, 4) is 5.75 Å². The number of carboxylic acid groups (broad SMARTS) is 1. The zero-order valence-electron chi connectivity index (χ0n) is 14.0. The smallest absolute Gasteiger partial charge is 0.274 e. The molecule has 0 bridgehead atoms. The van der Waals surface area contributed by atoms with Gasteiger partial charge in [0.25, 0.3) is 5.56 Å². The van der Waals surface area contributed by atoms with E-state index in [1.807, 2.05) is 0 Å². The number of nitrogens with zero attached hydrogens (tertiary/aromatic N) is 2. The average Bonchev–Trinajstić information content (AvgIpc) is 2.63. The largest absolute Gasteiger partial charge is 0.543 e. The van der Waals surface area contributed by atoms with Gasteiger partial charge in [-0.05, 0) is 25.1 Å². The molecule has 3 aromatic rings. The van der Waals surface area contributed by atoms with Crippen LogP contribution in [0.1, 0.15) is 27.8 Å². The summed E-state index contributed by atoms with van der Waals surface area (Å²) in [5.41, 5.74) is -0.292. The standard InChI is InChI=1S/C19H16N2O5/c1-12(22)13-6-4-5-9-16(13)26-11-10-21-18(23)15-8-3-2-7-14(15)17(20-21)19(24)25/h2-9H,10-11H2,1H3,(H,24,25)/p-1. The van der Waals surface area contributed by atoms with Gasteiger partial charge in [0, 0.05) is 5.39 Å². The van der Waals surface area contributed by atoms with Crippen LogP contribution in [0.25, 0.3) is 10.8 Å². The van der Waals surface area contributed by atoms with Gasteiger partial charge in [-0.25, -0.2) is 4.68 Å². The molecule has 1 heterocycles. The highest BCUT2D eigenvalue weighted by Crippen LogP contribution is 2.18. The van der Waals surface area contributed by atoms with Crippen molar-refractivity contribution in [2.45, 2.75) is 13.5 Å². The van der Waals surface area contributed by atoms with Crippen molar-refractivity contribution in [3.05, 3.63) is 70.1 Å². The minimum Gasteiger partial charge on any atom is -0.543 e. The number of ether oxygens (including phenoxy) is 1. The number of para-hydroxylation sites is 1. The van der Waals surface area contributed by atoms with Gasteiger partial charge in [0.05, 0.1) is 23.5 Å². The summed E-state index contributed by atoms with van der Waals surface area (Å²) in [6.07, 6.45) is 0. The van der Waals surface area contributed by atoms with Crippen LogP contribution in [-0.2, 0) is 6.54 Å². The number of hydrogen-bond acceptors (Lipinski definition) is 6. The first-order chi connectivity index (χ1) is 12.5.